The van der Waals surface area contributed by atoms with Gasteiger partial charge in [-0.05, 0) is 35.2 Å². The summed E-state index contributed by atoms with van der Waals surface area (Å²) in [5.74, 6) is 0.125. The maximum absolute atomic E-state index is 12.1. The van der Waals surface area contributed by atoms with Crippen molar-refractivity contribution in [1.29, 1.82) is 0 Å². The number of anilines is 3. The van der Waals surface area contributed by atoms with Gasteiger partial charge in [-0.15, -0.1) is 0 Å². The first kappa shape index (κ1) is 20.6. The number of ether oxygens (including phenoxy) is 1. The summed E-state index contributed by atoms with van der Waals surface area (Å²) in [7, 11) is -2.23. The SMILES string of the molecule is COc1c(NS(C)(=O)=O)cc(C(C)(C)C)cc1N(C(=O)O)c1ccccc1. The normalized spacial score (nSPS) is 11.7. The average molecular weight is 392 g/mol. The van der Waals surface area contributed by atoms with E-state index in [1.54, 1.807) is 42.5 Å². The van der Waals surface area contributed by atoms with E-state index in [0.29, 0.717) is 5.69 Å². The summed E-state index contributed by atoms with van der Waals surface area (Å²) in [5, 5.41) is 9.85. The van der Waals surface area contributed by atoms with E-state index < -0.39 is 16.1 Å². The van der Waals surface area contributed by atoms with E-state index in [0.717, 1.165) is 16.7 Å². The first-order chi connectivity index (χ1) is 12.4. The molecule has 8 heteroatoms. The zero-order chi connectivity index (χ0) is 20.4. The van der Waals surface area contributed by atoms with Gasteiger partial charge in [-0.2, -0.15) is 0 Å². The molecule has 2 aromatic rings. The number of methoxy groups -OCH3 is 1. The second-order valence-corrected chi connectivity index (χ2v) is 8.90. The molecule has 0 aliphatic heterocycles. The quantitative estimate of drug-likeness (QED) is 0.796. The van der Waals surface area contributed by atoms with Crippen LogP contribution < -0.4 is 14.4 Å². The van der Waals surface area contributed by atoms with Crippen molar-refractivity contribution in [1.82, 2.24) is 0 Å². The molecule has 0 aromatic heterocycles. The van der Waals surface area contributed by atoms with Crippen molar-refractivity contribution in [3.63, 3.8) is 0 Å². The lowest BCUT2D eigenvalue weighted by molar-refractivity contribution is 0.204. The Kier molecular flexibility index (Phi) is 5.70. The molecule has 0 spiro atoms. The molecule has 0 heterocycles. The summed E-state index contributed by atoms with van der Waals surface area (Å²) >= 11 is 0. The average Bonchev–Trinajstić information content (AvgIpc) is 2.53. The van der Waals surface area contributed by atoms with Gasteiger partial charge in [0.25, 0.3) is 0 Å². The van der Waals surface area contributed by atoms with Crippen LogP contribution in [0.2, 0.25) is 0 Å². The Bertz CT molecular complexity index is 935. The standard InChI is InChI=1S/C19H24N2O5S/c1-19(2,3)13-11-15(20-27(5,24)25)17(26-4)16(12-13)21(18(22)23)14-9-7-6-8-10-14/h6-12,20H,1-5H3,(H,22,23). The largest absolute Gasteiger partial charge is 0.492 e. The van der Waals surface area contributed by atoms with E-state index in [9.17, 15) is 18.3 Å². The lowest BCUT2D eigenvalue weighted by Gasteiger charge is -2.27. The van der Waals surface area contributed by atoms with Gasteiger partial charge >= 0.3 is 6.09 Å². The van der Waals surface area contributed by atoms with Crippen LogP contribution in [0, 0.1) is 0 Å². The van der Waals surface area contributed by atoms with E-state index in [1.807, 2.05) is 20.8 Å². The van der Waals surface area contributed by atoms with Crippen molar-refractivity contribution in [2.24, 2.45) is 0 Å². The molecule has 0 atom stereocenters. The maximum atomic E-state index is 12.1. The van der Waals surface area contributed by atoms with Gasteiger partial charge in [0.05, 0.1) is 30.4 Å². The fourth-order valence-corrected chi connectivity index (χ4v) is 3.18. The minimum absolute atomic E-state index is 0.125. The molecule has 0 aliphatic carbocycles. The third-order valence-corrected chi connectivity index (χ3v) is 4.47. The van der Waals surface area contributed by atoms with Crippen LogP contribution in [-0.2, 0) is 15.4 Å². The molecule has 2 N–H and O–H groups in total. The number of carbonyl (C=O) groups is 1. The highest BCUT2D eigenvalue weighted by Gasteiger charge is 2.27. The number of sulfonamides is 1. The topological polar surface area (TPSA) is 95.9 Å². The summed E-state index contributed by atoms with van der Waals surface area (Å²) in [6.45, 7) is 5.86. The van der Waals surface area contributed by atoms with Crippen molar-refractivity contribution >= 4 is 33.2 Å². The summed E-state index contributed by atoms with van der Waals surface area (Å²) < 4.78 is 31.5. The number of nitrogens with one attached hydrogen (secondary N) is 1. The summed E-state index contributed by atoms with van der Waals surface area (Å²) in [6.07, 6.45) is -0.182. The highest BCUT2D eigenvalue weighted by Crippen LogP contribution is 2.43. The minimum Gasteiger partial charge on any atom is -0.492 e. The zero-order valence-corrected chi connectivity index (χ0v) is 16.8. The van der Waals surface area contributed by atoms with Crippen molar-refractivity contribution in [3.8, 4) is 5.75 Å². The molecule has 0 unspecified atom stereocenters. The number of hydrogen-bond acceptors (Lipinski definition) is 4. The first-order valence-electron chi connectivity index (χ1n) is 8.22. The molecule has 27 heavy (non-hydrogen) atoms. The van der Waals surface area contributed by atoms with Crippen LogP contribution in [0.15, 0.2) is 42.5 Å². The molecule has 0 saturated carbocycles. The zero-order valence-electron chi connectivity index (χ0n) is 16.0. The Morgan fingerprint density at radius 2 is 1.74 bits per heavy atom. The lowest BCUT2D eigenvalue weighted by atomic mass is 9.86. The molecule has 146 valence electrons. The molecule has 2 rings (SSSR count). The van der Waals surface area contributed by atoms with E-state index in [-0.39, 0.29) is 22.5 Å². The Labute approximate surface area is 159 Å². The summed E-state index contributed by atoms with van der Waals surface area (Å²) in [6, 6.07) is 11.9. The molecular formula is C19H24N2O5S. The molecule has 1 amide bonds. The third-order valence-electron chi connectivity index (χ3n) is 3.88. The van der Waals surface area contributed by atoms with Crippen LogP contribution in [0.1, 0.15) is 26.3 Å². The van der Waals surface area contributed by atoms with Crippen molar-refractivity contribution < 1.29 is 23.1 Å². The monoisotopic (exact) mass is 392 g/mol. The van der Waals surface area contributed by atoms with Crippen LogP contribution in [-0.4, -0.2) is 33.0 Å². The second kappa shape index (κ2) is 7.48. The second-order valence-electron chi connectivity index (χ2n) is 7.15. The van der Waals surface area contributed by atoms with E-state index in [4.69, 9.17) is 4.74 Å². The molecule has 0 fully saturated rings. The van der Waals surface area contributed by atoms with Gasteiger partial charge < -0.3 is 9.84 Å². The number of carboxylic acid groups (broad SMARTS) is 1. The number of hydrogen-bond donors (Lipinski definition) is 2. The molecule has 7 nitrogen and oxygen atoms in total. The van der Waals surface area contributed by atoms with Crippen molar-refractivity contribution in [2.75, 3.05) is 23.0 Å². The van der Waals surface area contributed by atoms with Crippen molar-refractivity contribution in [2.45, 2.75) is 26.2 Å². The van der Waals surface area contributed by atoms with Crippen LogP contribution in [0.5, 0.6) is 5.75 Å². The minimum atomic E-state index is -3.60. The van der Waals surface area contributed by atoms with Gasteiger partial charge in [-0.3, -0.25) is 4.72 Å². The number of rotatable bonds is 5. The number of para-hydroxylation sites is 1. The maximum Gasteiger partial charge on any atom is 0.416 e. The predicted molar refractivity (Wildman–Crippen MR) is 107 cm³/mol. The van der Waals surface area contributed by atoms with Crippen molar-refractivity contribution in [3.05, 3.63) is 48.0 Å². The Morgan fingerprint density at radius 3 is 2.19 bits per heavy atom. The highest BCUT2D eigenvalue weighted by molar-refractivity contribution is 7.92. The lowest BCUT2D eigenvalue weighted by Crippen LogP contribution is -2.25. The Balaban J connectivity index is 2.83. The number of amides is 1. The van der Waals surface area contributed by atoms with Gasteiger partial charge in [0.1, 0.15) is 0 Å². The first-order valence-corrected chi connectivity index (χ1v) is 10.1. The molecule has 0 bridgehead atoms. The van der Waals surface area contributed by atoms with Crippen LogP contribution in [0.25, 0.3) is 0 Å². The van der Waals surface area contributed by atoms with Gasteiger partial charge in [-0.1, -0.05) is 39.0 Å². The number of benzene rings is 2. The van der Waals surface area contributed by atoms with Gasteiger partial charge in [-0.25, -0.2) is 18.1 Å². The van der Waals surface area contributed by atoms with Gasteiger partial charge in [0.15, 0.2) is 5.75 Å². The molecule has 0 saturated heterocycles. The number of nitrogens with zero attached hydrogens (tertiary/aromatic N) is 1. The molecule has 0 aliphatic rings. The van der Waals surface area contributed by atoms with Crippen LogP contribution in [0.4, 0.5) is 21.9 Å². The van der Waals surface area contributed by atoms with E-state index in [2.05, 4.69) is 4.72 Å². The van der Waals surface area contributed by atoms with Gasteiger partial charge in [0.2, 0.25) is 10.0 Å². The van der Waals surface area contributed by atoms with Crippen LogP contribution >= 0.6 is 0 Å². The predicted octanol–water partition coefficient (Wildman–Crippen LogP) is 4.18. The molecule has 2 aromatic carbocycles. The highest BCUT2D eigenvalue weighted by atomic mass is 32.2. The molecular weight excluding hydrogens is 368 g/mol. The fourth-order valence-electron chi connectivity index (χ4n) is 2.63. The fraction of sp³-hybridized carbons (Fsp3) is 0.316. The third kappa shape index (κ3) is 4.91. The van der Waals surface area contributed by atoms with Crippen LogP contribution in [0.3, 0.4) is 0 Å². The summed E-state index contributed by atoms with van der Waals surface area (Å²) in [5.41, 5.74) is 1.24. The van der Waals surface area contributed by atoms with Gasteiger partial charge in [0, 0.05) is 0 Å². The smallest absolute Gasteiger partial charge is 0.416 e. The summed E-state index contributed by atoms with van der Waals surface area (Å²) in [4.78, 5) is 13.1. The Morgan fingerprint density at radius 1 is 1.15 bits per heavy atom. The van der Waals surface area contributed by atoms with E-state index >= 15 is 0 Å². The molecule has 0 radical (unpaired) electrons. The Hall–Kier alpha value is -2.74. The van der Waals surface area contributed by atoms with E-state index in [1.165, 1.54) is 7.11 Å².